The zero-order valence-electron chi connectivity index (χ0n) is 13.5. The fourth-order valence-electron chi connectivity index (χ4n) is 2.90. The Balaban J connectivity index is 1.56. The molecule has 24 heavy (non-hydrogen) atoms. The zero-order valence-corrected chi connectivity index (χ0v) is 14.3. The molecule has 1 N–H and O–H groups in total. The Labute approximate surface area is 146 Å². The summed E-state index contributed by atoms with van der Waals surface area (Å²) in [5.74, 6) is 1.51. The summed E-state index contributed by atoms with van der Waals surface area (Å²) in [5, 5.41) is 3.85. The van der Waals surface area contributed by atoms with Gasteiger partial charge >= 0.3 is 0 Å². The average molecular weight is 346 g/mol. The van der Waals surface area contributed by atoms with Crippen molar-refractivity contribution in [2.24, 2.45) is 0 Å². The van der Waals surface area contributed by atoms with E-state index in [1.165, 1.54) is 11.8 Å². The maximum absolute atomic E-state index is 10.7. The molecular formula is C18H20ClN3O2. The van der Waals surface area contributed by atoms with E-state index in [2.05, 4.69) is 27.3 Å². The number of pyridine rings is 1. The summed E-state index contributed by atoms with van der Waals surface area (Å²) in [6.07, 6.45) is 3.31. The second-order valence-corrected chi connectivity index (χ2v) is 6.34. The van der Waals surface area contributed by atoms with E-state index in [-0.39, 0.29) is 0 Å². The highest BCUT2D eigenvalue weighted by Crippen LogP contribution is 2.23. The van der Waals surface area contributed by atoms with Crippen molar-refractivity contribution < 1.29 is 9.53 Å². The molecule has 126 valence electrons. The van der Waals surface area contributed by atoms with Gasteiger partial charge in [0.2, 0.25) is 0 Å². The first-order chi connectivity index (χ1) is 11.7. The van der Waals surface area contributed by atoms with Gasteiger partial charge in [-0.25, -0.2) is 4.98 Å². The first kappa shape index (κ1) is 16.7. The summed E-state index contributed by atoms with van der Waals surface area (Å²) in [7, 11) is 1.67. The number of methoxy groups -OCH3 is 1. The van der Waals surface area contributed by atoms with Crippen LogP contribution in [-0.2, 0) is 6.54 Å². The van der Waals surface area contributed by atoms with Crippen LogP contribution in [0.5, 0.6) is 5.75 Å². The predicted octanol–water partition coefficient (Wildman–Crippen LogP) is 3.24. The number of benzene rings is 1. The lowest BCUT2D eigenvalue weighted by atomic mass is 10.2. The number of halogens is 1. The molecule has 1 fully saturated rings. The van der Waals surface area contributed by atoms with Gasteiger partial charge in [-0.1, -0.05) is 23.7 Å². The van der Waals surface area contributed by atoms with E-state index in [1.54, 1.807) is 13.2 Å². The Morgan fingerprint density at radius 3 is 2.88 bits per heavy atom. The number of aromatic nitrogens is 1. The van der Waals surface area contributed by atoms with Gasteiger partial charge in [0.25, 0.3) is 0 Å². The second kappa shape index (κ2) is 7.64. The van der Waals surface area contributed by atoms with E-state index in [0.717, 1.165) is 38.1 Å². The van der Waals surface area contributed by atoms with Crippen molar-refractivity contribution in [2.75, 3.05) is 25.5 Å². The Kier molecular flexibility index (Phi) is 5.33. The van der Waals surface area contributed by atoms with Crippen LogP contribution in [0.1, 0.15) is 22.3 Å². The maximum atomic E-state index is 10.7. The highest BCUT2D eigenvalue weighted by molar-refractivity contribution is 6.33. The molecule has 0 unspecified atom stereocenters. The minimum atomic E-state index is 0.301. The molecule has 5 nitrogen and oxygen atoms in total. The van der Waals surface area contributed by atoms with Crippen molar-refractivity contribution >= 4 is 23.7 Å². The molecule has 1 aliphatic heterocycles. The van der Waals surface area contributed by atoms with Gasteiger partial charge in [0.15, 0.2) is 6.29 Å². The van der Waals surface area contributed by atoms with Crippen LogP contribution in [0.15, 0.2) is 36.5 Å². The number of carbonyl (C=O) groups is 1. The smallest absolute Gasteiger partial charge is 0.151 e. The van der Waals surface area contributed by atoms with Gasteiger partial charge in [-0.15, -0.1) is 0 Å². The van der Waals surface area contributed by atoms with Crippen LogP contribution >= 0.6 is 11.6 Å². The molecule has 0 saturated carbocycles. The van der Waals surface area contributed by atoms with Crippen LogP contribution in [0.3, 0.4) is 0 Å². The van der Waals surface area contributed by atoms with Crippen molar-refractivity contribution in [1.29, 1.82) is 0 Å². The molecule has 1 aliphatic rings. The number of nitrogens with zero attached hydrogens (tertiary/aromatic N) is 2. The Morgan fingerprint density at radius 1 is 1.42 bits per heavy atom. The summed E-state index contributed by atoms with van der Waals surface area (Å²) in [6, 6.07) is 10.1. The quantitative estimate of drug-likeness (QED) is 0.814. The molecule has 0 radical (unpaired) electrons. The Morgan fingerprint density at radius 2 is 2.21 bits per heavy atom. The molecule has 0 bridgehead atoms. The summed E-state index contributed by atoms with van der Waals surface area (Å²) >= 11 is 6.17. The van der Waals surface area contributed by atoms with Gasteiger partial charge in [-0.2, -0.15) is 0 Å². The minimum Gasteiger partial charge on any atom is -0.497 e. The topological polar surface area (TPSA) is 54.5 Å². The van der Waals surface area contributed by atoms with Crippen LogP contribution in [-0.4, -0.2) is 42.4 Å². The third kappa shape index (κ3) is 4.04. The van der Waals surface area contributed by atoms with Crippen molar-refractivity contribution in [3.05, 3.63) is 52.7 Å². The van der Waals surface area contributed by atoms with Gasteiger partial charge in [-0.3, -0.25) is 9.69 Å². The van der Waals surface area contributed by atoms with Gasteiger partial charge in [0.1, 0.15) is 11.6 Å². The third-order valence-electron chi connectivity index (χ3n) is 4.18. The van der Waals surface area contributed by atoms with Crippen LogP contribution in [0.25, 0.3) is 0 Å². The largest absolute Gasteiger partial charge is 0.497 e. The predicted molar refractivity (Wildman–Crippen MR) is 94.9 cm³/mol. The van der Waals surface area contributed by atoms with Crippen LogP contribution in [0.4, 0.5) is 5.82 Å². The van der Waals surface area contributed by atoms with E-state index in [1.807, 2.05) is 12.1 Å². The van der Waals surface area contributed by atoms with Gasteiger partial charge in [0.05, 0.1) is 12.1 Å². The highest BCUT2D eigenvalue weighted by atomic mass is 35.5. The van der Waals surface area contributed by atoms with E-state index < -0.39 is 0 Å². The molecule has 6 heteroatoms. The highest BCUT2D eigenvalue weighted by Gasteiger charge is 2.23. The molecule has 1 saturated heterocycles. The summed E-state index contributed by atoms with van der Waals surface area (Å²) in [5.41, 5.74) is 1.75. The van der Waals surface area contributed by atoms with Crippen molar-refractivity contribution in [1.82, 2.24) is 9.88 Å². The number of carbonyl (C=O) groups excluding carboxylic acids is 1. The average Bonchev–Trinajstić information content (AvgIpc) is 3.04. The van der Waals surface area contributed by atoms with Gasteiger partial charge in [-0.05, 0) is 30.2 Å². The lowest BCUT2D eigenvalue weighted by molar-refractivity contribution is 0.112. The van der Waals surface area contributed by atoms with Crippen LogP contribution in [0.2, 0.25) is 5.02 Å². The van der Waals surface area contributed by atoms with Gasteiger partial charge in [0, 0.05) is 37.4 Å². The van der Waals surface area contributed by atoms with Gasteiger partial charge < -0.3 is 10.1 Å². The first-order valence-electron chi connectivity index (χ1n) is 7.90. The summed E-state index contributed by atoms with van der Waals surface area (Å²) in [4.78, 5) is 17.4. The molecular weight excluding hydrogens is 326 g/mol. The molecule has 0 amide bonds. The number of aldehydes is 1. The molecule has 0 aliphatic carbocycles. The van der Waals surface area contributed by atoms with Crippen molar-refractivity contribution in [2.45, 2.75) is 19.0 Å². The second-order valence-electron chi connectivity index (χ2n) is 5.93. The third-order valence-corrected chi connectivity index (χ3v) is 4.46. The number of hydrogen-bond acceptors (Lipinski definition) is 5. The fourth-order valence-corrected chi connectivity index (χ4v) is 3.13. The molecule has 1 aromatic heterocycles. The maximum Gasteiger partial charge on any atom is 0.151 e. The van der Waals surface area contributed by atoms with E-state index >= 15 is 0 Å². The fraction of sp³-hybridized carbons (Fsp3) is 0.333. The van der Waals surface area contributed by atoms with Crippen LogP contribution in [0, 0.1) is 0 Å². The van der Waals surface area contributed by atoms with E-state index in [4.69, 9.17) is 16.3 Å². The number of rotatable bonds is 6. The molecule has 1 atom stereocenters. The normalized spacial score (nSPS) is 17.7. The minimum absolute atomic E-state index is 0.301. The zero-order chi connectivity index (χ0) is 16.9. The molecule has 2 heterocycles. The number of anilines is 1. The number of nitrogens with one attached hydrogen (secondary N) is 1. The lowest BCUT2D eigenvalue weighted by Gasteiger charge is -2.17. The van der Waals surface area contributed by atoms with Crippen molar-refractivity contribution in [3.8, 4) is 5.75 Å². The summed E-state index contributed by atoms with van der Waals surface area (Å²) in [6.45, 7) is 2.86. The van der Waals surface area contributed by atoms with E-state index in [0.29, 0.717) is 22.4 Å². The molecule has 0 spiro atoms. The number of ether oxygens (including phenoxy) is 1. The Bertz CT molecular complexity index is 706. The molecule has 1 aromatic carbocycles. The molecule has 2 aromatic rings. The number of hydrogen-bond donors (Lipinski definition) is 1. The Hall–Kier alpha value is -2.11. The van der Waals surface area contributed by atoms with E-state index in [9.17, 15) is 4.79 Å². The standard InChI is InChI=1S/C18H20ClN3O2/c1-24-16-4-2-13(3-5-16)10-22-7-6-15(11-22)21-18-17(19)8-14(12-23)9-20-18/h2-5,8-9,12,15H,6-7,10-11H2,1H3,(H,20,21)/t15-/m1/s1. The van der Waals surface area contributed by atoms with Crippen molar-refractivity contribution in [3.63, 3.8) is 0 Å². The lowest BCUT2D eigenvalue weighted by Crippen LogP contribution is -2.26. The summed E-state index contributed by atoms with van der Waals surface area (Å²) < 4.78 is 5.19. The monoisotopic (exact) mass is 345 g/mol. The number of likely N-dealkylation sites (tertiary alicyclic amines) is 1. The first-order valence-corrected chi connectivity index (χ1v) is 8.28. The SMILES string of the molecule is COc1ccc(CN2CC[C@@H](Nc3ncc(C=O)cc3Cl)C2)cc1. The molecule has 3 rings (SSSR count). The van der Waals surface area contributed by atoms with Crippen LogP contribution < -0.4 is 10.1 Å².